The second kappa shape index (κ2) is 8.13. The summed E-state index contributed by atoms with van der Waals surface area (Å²) in [7, 11) is 1.58. The van der Waals surface area contributed by atoms with Crippen LogP contribution in [0, 0.1) is 5.92 Å². The van der Waals surface area contributed by atoms with Gasteiger partial charge in [-0.15, -0.1) is 0 Å². The molecule has 3 unspecified atom stereocenters. The fourth-order valence-corrected chi connectivity index (χ4v) is 4.82. The zero-order chi connectivity index (χ0) is 22.4. The van der Waals surface area contributed by atoms with E-state index in [1.165, 1.54) is 0 Å². The molecular weight excluding hydrogens is 451 g/mol. The fourth-order valence-electron chi connectivity index (χ4n) is 4.30. The maximum Gasteiger partial charge on any atom is 0.266 e. The highest BCUT2D eigenvalue weighted by Crippen LogP contribution is 2.48. The van der Waals surface area contributed by atoms with Crippen LogP contribution in [0.25, 0.3) is 0 Å². The molecule has 5 rings (SSSR count). The van der Waals surface area contributed by atoms with Gasteiger partial charge in [0.05, 0.1) is 24.5 Å². The third kappa shape index (κ3) is 3.41. The Hall–Kier alpha value is -3.06. The van der Waals surface area contributed by atoms with Crippen LogP contribution in [0.15, 0.2) is 72.8 Å². The first-order valence-electron chi connectivity index (χ1n) is 9.97. The van der Waals surface area contributed by atoms with E-state index in [4.69, 9.17) is 32.8 Å². The van der Waals surface area contributed by atoms with Gasteiger partial charge in [0.25, 0.3) is 5.91 Å². The molecule has 3 aromatic carbocycles. The number of carbonyl (C=O) groups excluding carboxylic acids is 2. The molecule has 2 aliphatic heterocycles. The molecule has 0 radical (unpaired) electrons. The molecule has 2 saturated heterocycles. The number of halogens is 2. The molecule has 0 saturated carbocycles. The van der Waals surface area contributed by atoms with Crippen molar-refractivity contribution in [2.75, 3.05) is 17.1 Å². The monoisotopic (exact) mass is 468 g/mol. The zero-order valence-corrected chi connectivity index (χ0v) is 18.5. The molecule has 0 bridgehead atoms. The maximum atomic E-state index is 13.6. The second-order valence-corrected chi connectivity index (χ2v) is 8.45. The smallest absolute Gasteiger partial charge is 0.266 e. The number of anilines is 2. The van der Waals surface area contributed by atoms with E-state index < -0.39 is 24.0 Å². The minimum atomic E-state index is -0.975. The van der Waals surface area contributed by atoms with E-state index in [2.05, 4.69) is 0 Å². The van der Waals surface area contributed by atoms with Gasteiger partial charge in [-0.25, -0.2) is 9.96 Å². The van der Waals surface area contributed by atoms with Gasteiger partial charge in [0.1, 0.15) is 11.7 Å². The summed E-state index contributed by atoms with van der Waals surface area (Å²) in [6, 6.07) is 20.9. The molecule has 2 heterocycles. The normalized spacial score (nSPS) is 22.4. The summed E-state index contributed by atoms with van der Waals surface area (Å²) in [5.41, 5.74) is 1.87. The Labute approximate surface area is 194 Å². The summed E-state index contributed by atoms with van der Waals surface area (Å²) in [6.07, 6.45) is -0.975. The molecule has 3 atom stereocenters. The summed E-state index contributed by atoms with van der Waals surface area (Å²) in [4.78, 5) is 34.2. The lowest BCUT2D eigenvalue weighted by Crippen LogP contribution is -2.37. The number of para-hydroxylation sites is 1. The van der Waals surface area contributed by atoms with Gasteiger partial charge < -0.3 is 4.74 Å². The molecule has 2 amide bonds. The van der Waals surface area contributed by atoms with Crippen molar-refractivity contribution in [3.05, 3.63) is 88.4 Å². The molecule has 8 heteroatoms. The second-order valence-electron chi connectivity index (χ2n) is 7.57. The number of nitrogens with zero attached hydrogens (tertiary/aromatic N) is 2. The third-order valence-electron chi connectivity index (χ3n) is 5.67. The van der Waals surface area contributed by atoms with E-state index in [-0.39, 0.29) is 5.91 Å². The Balaban J connectivity index is 1.60. The summed E-state index contributed by atoms with van der Waals surface area (Å²) in [6.45, 7) is 0. The standard InChI is InChI=1S/C24H18Cl2N2O4/c1-31-19-9-5-6-14(10-19)21-20-22(32-28(21)17-7-3-2-4-8-17)24(30)27(23(20)29)18-12-15(25)11-16(26)13-18/h2-13,20-22H,1H3. The number of fused-ring (bicyclic) bond motifs is 1. The predicted octanol–water partition coefficient (Wildman–Crippen LogP) is 5.05. The fraction of sp³-hybridized carbons (Fsp3) is 0.167. The molecule has 162 valence electrons. The van der Waals surface area contributed by atoms with E-state index in [0.29, 0.717) is 21.5 Å². The van der Waals surface area contributed by atoms with E-state index in [0.717, 1.165) is 16.2 Å². The molecule has 0 aromatic heterocycles. The van der Waals surface area contributed by atoms with Crippen molar-refractivity contribution in [3.63, 3.8) is 0 Å². The highest BCUT2D eigenvalue weighted by atomic mass is 35.5. The van der Waals surface area contributed by atoms with Gasteiger partial charge in [0.2, 0.25) is 5.91 Å². The lowest BCUT2D eigenvalue weighted by Gasteiger charge is -2.29. The van der Waals surface area contributed by atoms with Crippen molar-refractivity contribution in [3.8, 4) is 5.75 Å². The average molecular weight is 469 g/mol. The van der Waals surface area contributed by atoms with E-state index in [1.54, 1.807) is 30.4 Å². The lowest BCUT2D eigenvalue weighted by molar-refractivity contribution is -0.126. The minimum absolute atomic E-state index is 0.325. The van der Waals surface area contributed by atoms with E-state index in [1.807, 2.05) is 54.6 Å². The Morgan fingerprint density at radius 2 is 1.56 bits per heavy atom. The molecule has 6 nitrogen and oxygen atoms in total. The van der Waals surface area contributed by atoms with Crippen LogP contribution in [0.4, 0.5) is 11.4 Å². The van der Waals surface area contributed by atoms with E-state index in [9.17, 15) is 9.59 Å². The van der Waals surface area contributed by atoms with E-state index >= 15 is 0 Å². The van der Waals surface area contributed by atoms with Crippen molar-refractivity contribution in [2.45, 2.75) is 12.1 Å². The Morgan fingerprint density at radius 3 is 2.25 bits per heavy atom. The molecule has 0 aliphatic carbocycles. The largest absolute Gasteiger partial charge is 0.497 e. The first-order valence-corrected chi connectivity index (χ1v) is 10.7. The number of carbonyl (C=O) groups is 2. The third-order valence-corrected chi connectivity index (χ3v) is 6.10. The topological polar surface area (TPSA) is 59.1 Å². The van der Waals surface area contributed by atoms with Crippen molar-refractivity contribution in [2.24, 2.45) is 5.92 Å². The number of hydroxylamine groups is 1. The van der Waals surface area contributed by atoms with Gasteiger partial charge in [-0.05, 0) is 48.0 Å². The Bertz CT molecular complexity index is 1180. The van der Waals surface area contributed by atoms with Crippen molar-refractivity contribution < 1.29 is 19.2 Å². The maximum absolute atomic E-state index is 13.6. The summed E-state index contributed by atoms with van der Waals surface area (Å²) < 4.78 is 5.38. The van der Waals surface area contributed by atoms with Crippen molar-refractivity contribution in [1.29, 1.82) is 0 Å². The lowest BCUT2D eigenvalue weighted by atomic mass is 9.90. The molecule has 3 aromatic rings. The van der Waals surface area contributed by atoms with Gasteiger partial charge in [-0.2, -0.15) is 0 Å². The van der Waals surface area contributed by atoms with Crippen LogP contribution in [-0.2, 0) is 14.4 Å². The Morgan fingerprint density at radius 1 is 0.844 bits per heavy atom. The zero-order valence-electron chi connectivity index (χ0n) is 16.9. The van der Waals surface area contributed by atoms with Gasteiger partial charge in [0, 0.05) is 10.0 Å². The van der Waals surface area contributed by atoms with Crippen LogP contribution in [0.5, 0.6) is 5.75 Å². The molecule has 2 fully saturated rings. The van der Waals surface area contributed by atoms with Gasteiger partial charge in [0.15, 0.2) is 6.10 Å². The van der Waals surface area contributed by atoms with Crippen LogP contribution in [0.3, 0.4) is 0 Å². The van der Waals surface area contributed by atoms with Crippen molar-refractivity contribution >= 4 is 46.4 Å². The van der Waals surface area contributed by atoms with Crippen LogP contribution in [0.1, 0.15) is 11.6 Å². The number of amides is 2. The summed E-state index contributed by atoms with van der Waals surface area (Å²) >= 11 is 12.2. The predicted molar refractivity (Wildman–Crippen MR) is 122 cm³/mol. The minimum Gasteiger partial charge on any atom is -0.497 e. The number of rotatable bonds is 4. The molecule has 2 aliphatic rings. The molecule has 0 spiro atoms. The van der Waals surface area contributed by atoms with Crippen LogP contribution in [-0.4, -0.2) is 25.0 Å². The molecule has 32 heavy (non-hydrogen) atoms. The quantitative estimate of drug-likeness (QED) is 0.501. The number of methoxy groups -OCH3 is 1. The van der Waals surface area contributed by atoms with Crippen LogP contribution < -0.4 is 14.7 Å². The number of hydrogen-bond donors (Lipinski definition) is 0. The van der Waals surface area contributed by atoms with Gasteiger partial charge >= 0.3 is 0 Å². The highest BCUT2D eigenvalue weighted by molar-refractivity contribution is 6.35. The molecular formula is C24H18Cl2N2O4. The summed E-state index contributed by atoms with van der Waals surface area (Å²) in [5, 5.41) is 2.31. The van der Waals surface area contributed by atoms with Crippen LogP contribution >= 0.6 is 23.2 Å². The number of hydrogen-bond acceptors (Lipinski definition) is 5. The highest BCUT2D eigenvalue weighted by Gasteiger charge is 2.60. The Kier molecular flexibility index (Phi) is 5.29. The first-order chi connectivity index (χ1) is 15.5. The SMILES string of the molecule is COc1cccc(C2C3C(=O)N(c4cc(Cl)cc(Cl)c4)C(=O)C3ON2c2ccccc2)c1. The van der Waals surface area contributed by atoms with Crippen LogP contribution in [0.2, 0.25) is 10.0 Å². The number of ether oxygens (including phenoxy) is 1. The number of imide groups is 1. The average Bonchev–Trinajstić information content (AvgIpc) is 3.30. The summed E-state index contributed by atoms with van der Waals surface area (Å²) in [5.74, 6) is -0.934. The number of benzene rings is 3. The first kappa shape index (κ1) is 20.8. The van der Waals surface area contributed by atoms with Gasteiger partial charge in [-0.1, -0.05) is 53.5 Å². The molecule has 0 N–H and O–H groups in total. The van der Waals surface area contributed by atoms with Gasteiger partial charge in [-0.3, -0.25) is 14.4 Å². The van der Waals surface area contributed by atoms with Crippen molar-refractivity contribution in [1.82, 2.24) is 0 Å².